The summed E-state index contributed by atoms with van der Waals surface area (Å²) in [6.07, 6.45) is 3.76. The molecule has 0 aliphatic carbocycles. The summed E-state index contributed by atoms with van der Waals surface area (Å²) in [6, 6.07) is 0. The molecule has 0 bridgehead atoms. The zero-order valence-electron chi connectivity index (χ0n) is 14.9. The maximum Gasteiger partial charge on any atom is 0.0478 e. The van der Waals surface area contributed by atoms with Crippen molar-refractivity contribution in [1.82, 2.24) is 9.80 Å². The van der Waals surface area contributed by atoms with E-state index in [-0.39, 0.29) is 0 Å². The first-order chi connectivity index (χ1) is 9.83. The van der Waals surface area contributed by atoms with Crippen LogP contribution in [0.4, 0.5) is 0 Å². The summed E-state index contributed by atoms with van der Waals surface area (Å²) < 4.78 is 5.62. The third kappa shape index (κ3) is 14.7. The van der Waals surface area contributed by atoms with Crippen LogP contribution in [0, 0.1) is 0 Å². The summed E-state index contributed by atoms with van der Waals surface area (Å²) in [6.45, 7) is 18.3. The topological polar surface area (TPSA) is 15.7 Å². The predicted molar refractivity (Wildman–Crippen MR) is 95.8 cm³/mol. The second-order valence-electron chi connectivity index (χ2n) is 4.57. The summed E-state index contributed by atoms with van der Waals surface area (Å²) in [5, 5.41) is 0. The van der Waals surface area contributed by atoms with E-state index in [9.17, 15) is 0 Å². The molecule has 0 aromatic rings. The molecule has 1 heterocycles. The van der Waals surface area contributed by atoms with Crippen LogP contribution in [0.15, 0.2) is 0 Å². The van der Waals surface area contributed by atoms with Gasteiger partial charge in [0.2, 0.25) is 0 Å². The normalized spacial score (nSPS) is 16.5. The van der Waals surface area contributed by atoms with E-state index in [1.54, 1.807) is 0 Å². The van der Waals surface area contributed by atoms with E-state index in [2.05, 4.69) is 23.5 Å². The van der Waals surface area contributed by atoms with E-state index < -0.39 is 0 Å². The van der Waals surface area contributed by atoms with Crippen molar-refractivity contribution in [3.63, 3.8) is 0 Å². The number of nitrogens with zero attached hydrogens (tertiary/aromatic N) is 2. The number of hydrogen-bond acceptors (Lipinski definition) is 3. The maximum absolute atomic E-state index is 5.62. The Morgan fingerprint density at radius 3 is 2.00 bits per heavy atom. The molecule has 1 saturated heterocycles. The Hall–Kier alpha value is 0.310. The average molecular weight is 306 g/mol. The molecule has 0 amide bonds. The van der Waals surface area contributed by atoms with Gasteiger partial charge in [0.25, 0.3) is 0 Å². The first-order valence-electron chi connectivity index (χ1n) is 8.46. The van der Waals surface area contributed by atoms with Crippen LogP contribution < -0.4 is 0 Å². The summed E-state index contributed by atoms with van der Waals surface area (Å²) in [4.78, 5) is 4.95. The number of rotatable bonds is 8. The third-order valence-corrected chi connectivity index (χ3v) is 3.93. The molecule has 3 nitrogen and oxygen atoms in total. The van der Waals surface area contributed by atoms with Gasteiger partial charge in [0.05, 0.1) is 0 Å². The summed E-state index contributed by atoms with van der Waals surface area (Å²) in [5.41, 5.74) is 0. The molecule has 124 valence electrons. The van der Waals surface area contributed by atoms with Crippen molar-refractivity contribution in [2.75, 3.05) is 65.8 Å². The van der Waals surface area contributed by atoms with E-state index in [4.69, 9.17) is 4.74 Å². The van der Waals surface area contributed by atoms with Crippen LogP contribution in [0.3, 0.4) is 0 Å². The molecule has 1 fully saturated rings. The molecule has 0 aromatic carbocycles. The molecule has 1 unspecified atom stereocenters. The third-order valence-electron chi connectivity index (χ3n) is 3.07. The molecular weight excluding hydrogens is 267 g/mol. The van der Waals surface area contributed by atoms with Crippen LogP contribution in [0.2, 0.25) is 0 Å². The highest BCUT2D eigenvalue weighted by Crippen LogP contribution is 2.04. The van der Waals surface area contributed by atoms with Crippen LogP contribution in [-0.4, -0.2) is 75.6 Å². The van der Waals surface area contributed by atoms with Gasteiger partial charge in [-0.1, -0.05) is 27.7 Å². The highest BCUT2D eigenvalue weighted by Gasteiger charge is 2.12. The van der Waals surface area contributed by atoms with E-state index in [1.165, 1.54) is 51.7 Å². The van der Waals surface area contributed by atoms with Gasteiger partial charge in [-0.25, -0.2) is 0 Å². The van der Waals surface area contributed by atoms with E-state index in [0.717, 1.165) is 21.8 Å². The molecule has 1 aliphatic rings. The van der Waals surface area contributed by atoms with Crippen molar-refractivity contribution < 1.29 is 4.74 Å². The van der Waals surface area contributed by atoms with Gasteiger partial charge in [-0.3, -0.25) is 0 Å². The molecule has 4 heteroatoms. The standard InChI is InChI=1S/C12H27N2OP.2C2H6/c1-13-6-8-14(9-7-13)5-3-10-15-11-4-12-16-2;2*1-2/h16H,3-12H2,1-2H3;2*1-2H3. The van der Waals surface area contributed by atoms with Crippen LogP contribution in [0.1, 0.15) is 40.5 Å². The minimum atomic E-state index is 0.944. The lowest BCUT2D eigenvalue weighted by molar-refractivity contribution is 0.106. The Labute approximate surface area is 130 Å². The zero-order valence-corrected chi connectivity index (χ0v) is 15.9. The highest BCUT2D eigenvalue weighted by molar-refractivity contribution is 7.36. The molecule has 1 rings (SSSR count). The Balaban J connectivity index is 0. The minimum absolute atomic E-state index is 0.944. The molecule has 0 N–H and O–H groups in total. The molecule has 1 aliphatic heterocycles. The molecule has 0 saturated carbocycles. The van der Waals surface area contributed by atoms with Gasteiger partial charge in [-0.05, 0) is 32.7 Å². The van der Waals surface area contributed by atoms with Gasteiger partial charge in [0, 0.05) is 45.9 Å². The molecular formula is C16H39N2OP. The van der Waals surface area contributed by atoms with Crippen molar-refractivity contribution in [3.05, 3.63) is 0 Å². The maximum atomic E-state index is 5.62. The zero-order chi connectivity index (χ0) is 15.6. The molecule has 0 radical (unpaired) electrons. The summed E-state index contributed by atoms with van der Waals surface area (Å²) in [5.74, 6) is 0. The van der Waals surface area contributed by atoms with Crippen LogP contribution in [-0.2, 0) is 4.74 Å². The summed E-state index contributed by atoms with van der Waals surface area (Å²) >= 11 is 0. The lowest BCUT2D eigenvalue weighted by Crippen LogP contribution is -2.44. The van der Waals surface area contributed by atoms with E-state index in [1.807, 2.05) is 27.7 Å². The Morgan fingerprint density at radius 1 is 0.900 bits per heavy atom. The van der Waals surface area contributed by atoms with Crippen molar-refractivity contribution in [2.45, 2.75) is 40.5 Å². The second kappa shape index (κ2) is 19.3. The van der Waals surface area contributed by atoms with Gasteiger partial charge in [-0.15, -0.1) is 8.58 Å². The van der Waals surface area contributed by atoms with Crippen molar-refractivity contribution in [1.29, 1.82) is 0 Å². The lowest BCUT2D eigenvalue weighted by atomic mass is 10.3. The van der Waals surface area contributed by atoms with Crippen LogP contribution >= 0.6 is 8.58 Å². The SMILES string of the molecule is CC.CC.CPCCCOCCCN1CCN(C)CC1. The molecule has 20 heavy (non-hydrogen) atoms. The highest BCUT2D eigenvalue weighted by atomic mass is 31.1. The fourth-order valence-electron chi connectivity index (χ4n) is 1.91. The fourth-order valence-corrected chi connectivity index (χ4v) is 2.41. The monoisotopic (exact) mass is 306 g/mol. The van der Waals surface area contributed by atoms with Crippen molar-refractivity contribution >= 4 is 8.58 Å². The predicted octanol–water partition coefficient (Wildman–Crippen LogP) is 3.39. The van der Waals surface area contributed by atoms with Crippen molar-refractivity contribution in [2.24, 2.45) is 0 Å². The van der Waals surface area contributed by atoms with Crippen LogP contribution in [0.25, 0.3) is 0 Å². The van der Waals surface area contributed by atoms with E-state index in [0.29, 0.717) is 0 Å². The van der Waals surface area contributed by atoms with Gasteiger partial charge in [0.1, 0.15) is 0 Å². The second-order valence-corrected chi connectivity index (χ2v) is 5.78. The average Bonchev–Trinajstić information content (AvgIpc) is 2.52. The van der Waals surface area contributed by atoms with Gasteiger partial charge in [-0.2, -0.15) is 0 Å². The largest absolute Gasteiger partial charge is 0.381 e. The lowest BCUT2D eigenvalue weighted by Gasteiger charge is -2.32. The first-order valence-corrected chi connectivity index (χ1v) is 10.2. The number of likely N-dealkylation sites (N-methyl/N-ethyl adjacent to an activating group) is 1. The molecule has 1 atom stereocenters. The number of piperazine rings is 1. The Morgan fingerprint density at radius 2 is 1.45 bits per heavy atom. The fraction of sp³-hybridized carbons (Fsp3) is 1.00. The quantitative estimate of drug-likeness (QED) is 0.505. The number of ether oxygens (including phenoxy) is 1. The smallest absolute Gasteiger partial charge is 0.0478 e. The first kappa shape index (κ1) is 22.6. The minimum Gasteiger partial charge on any atom is -0.381 e. The van der Waals surface area contributed by atoms with Gasteiger partial charge < -0.3 is 14.5 Å². The van der Waals surface area contributed by atoms with Gasteiger partial charge in [0.15, 0.2) is 0 Å². The van der Waals surface area contributed by atoms with E-state index >= 15 is 0 Å². The Bertz CT molecular complexity index is 163. The van der Waals surface area contributed by atoms with Crippen LogP contribution in [0.5, 0.6) is 0 Å². The van der Waals surface area contributed by atoms with Gasteiger partial charge >= 0.3 is 0 Å². The molecule has 0 aromatic heterocycles. The van der Waals surface area contributed by atoms with Crippen molar-refractivity contribution in [3.8, 4) is 0 Å². The number of hydrogen-bond donors (Lipinski definition) is 0. The molecule has 0 spiro atoms. The Kier molecular flexibility index (Phi) is 21.8. The summed E-state index contributed by atoms with van der Waals surface area (Å²) in [7, 11) is 3.28.